The van der Waals surface area contributed by atoms with Crippen LogP contribution in [0.25, 0.3) is 6.08 Å². The fourth-order valence-electron chi connectivity index (χ4n) is 2.17. The quantitative estimate of drug-likeness (QED) is 0.620. The molecule has 3 nitrogen and oxygen atoms in total. The van der Waals surface area contributed by atoms with E-state index in [1.807, 2.05) is 30.3 Å². The van der Waals surface area contributed by atoms with Crippen LogP contribution in [0.2, 0.25) is 0 Å². The van der Waals surface area contributed by atoms with Gasteiger partial charge in [0.2, 0.25) is 0 Å². The molecular formula is C15H15BrN2O. The van der Waals surface area contributed by atoms with Gasteiger partial charge in [0.15, 0.2) is 0 Å². The third-order valence-electron chi connectivity index (χ3n) is 3.15. The molecule has 0 N–H and O–H groups in total. The van der Waals surface area contributed by atoms with Gasteiger partial charge in [-0.2, -0.15) is 5.26 Å². The van der Waals surface area contributed by atoms with Gasteiger partial charge in [0.1, 0.15) is 11.6 Å². The lowest BCUT2D eigenvalue weighted by Crippen LogP contribution is -2.36. The summed E-state index contributed by atoms with van der Waals surface area (Å²) in [5.74, 6) is -0.151. The number of amides is 1. The Morgan fingerprint density at radius 1 is 1.32 bits per heavy atom. The molecule has 0 aromatic heterocycles. The maximum absolute atomic E-state index is 12.2. The van der Waals surface area contributed by atoms with E-state index in [-0.39, 0.29) is 11.5 Å². The average Bonchev–Trinajstić information content (AvgIpc) is 2.45. The van der Waals surface area contributed by atoms with Crippen LogP contribution < -0.4 is 0 Å². The molecule has 1 amide bonds. The van der Waals surface area contributed by atoms with Crippen LogP contribution in [0.15, 0.2) is 34.3 Å². The summed E-state index contributed by atoms with van der Waals surface area (Å²) in [7, 11) is 0. The number of nitrogens with zero attached hydrogens (tertiary/aromatic N) is 2. The van der Waals surface area contributed by atoms with Gasteiger partial charge < -0.3 is 4.90 Å². The zero-order valence-electron chi connectivity index (χ0n) is 10.6. The summed E-state index contributed by atoms with van der Waals surface area (Å²) in [6.45, 7) is 1.52. The molecule has 1 aliphatic rings. The van der Waals surface area contributed by atoms with Crippen LogP contribution in [-0.2, 0) is 4.79 Å². The van der Waals surface area contributed by atoms with Gasteiger partial charge >= 0.3 is 0 Å². The second-order valence-electron chi connectivity index (χ2n) is 4.58. The molecular weight excluding hydrogens is 304 g/mol. The third kappa shape index (κ3) is 3.68. The molecule has 0 bridgehead atoms. The highest BCUT2D eigenvalue weighted by Crippen LogP contribution is 2.17. The number of rotatable bonds is 2. The average molecular weight is 319 g/mol. The topological polar surface area (TPSA) is 44.1 Å². The van der Waals surface area contributed by atoms with Crippen LogP contribution in [0.1, 0.15) is 24.8 Å². The maximum Gasteiger partial charge on any atom is 0.264 e. The smallest absolute Gasteiger partial charge is 0.264 e. The highest BCUT2D eigenvalue weighted by Gasteiger charge is 2.20. The lowest BCUT2D eigenvalue weighted by Gasteiger charge is -2.26. The molecule has 2 rings (SSSR count). The van der Waals surface area contributed by atoms with E-state index in [1.54, 1.807) is 11.0 Å². The minimum absolute atomic E-state index is 0.151. The van der Waals surface area contributed by atoms with Crippen LogP contribution in [0.5, 0.6) is 0 Å². The standard InChI is InChI=1S/C15H15BrN2O/c16-14-6-4-5-12(10-14)9-13(11-17)15(19)18-7-2-1-3-8-18/h4-6,9-10H,1-3,7-8H2/b13-9-. The summed E-state index contributed by atoms with van der Waals surface area (Å²) in [6.07, 6.45) is 4.88. The van der Waals surface area contributed by atoms with E-state index in [0.29, 0.717) is 0 Å². The van der Waals surface area contributed by atoms with Crippen LogP contribution in [-0.4, -0.2) is 23.9 Å². The van der Waals surface area contributed by atoms with Gasteiger partial charge in [-0.25, -0.2) is 0 Å². The first-order chi connectivity index (χ1) is 9.20. The summed E-state index contributed by atoms with van der Waals surface area (Å²) >= 11 is 3.38. The molecule has 0 saturated carbocycles. The van der Waals surface area contributed by atoms with E-state index >= 15 is 0 Å². The zero-order valence-corrected chi connectivity index (χ0v) is 12.2. The van der Waals surface area contributed by atoms with Crippen molar-refractivity contribution in [1.82, 2.24) is 4.90 Å². The van der Waals surface area contributed by atoms with Crippen molar-refractivity contribution in [1.29, 1.82) is 5.26 Å². The van der Waals surface area contributed by atoms with Crippen LogP contribution >= 0.6 is 15.9 Å². The largest absolute Gasteiger partial charge is 0.338 e. The summed E-state index contributed by atoms with van der Waals surface area (Å²) in [4.78, 5) is 14.0. The second kappa shape index (κ2) is 6.53. The van der Waals surface area contributed by atoms with E-state index in [4.69, 9.17) is 0 Å². The monoisotopic (exact) mass is 318 g/mol. The first kappa shape index (κ1) is 13.8. The van der Waals surface area contributed by atoms with Crippen LogP contribution in [0.3, 0.4) is 0 Å². The first-order valence-corrected chi connectivity index (χ1v) is 7.16. The van der Waals surface area contributed by atoms with Crippen molar-refractivity contribution >= 4 is 27.9 Å². The summed E-state index contributed by atoms with van der Waals surface area (Å²) in [6, 6.07) is 9.59. The summed E-state index contributed by atoms with van der Waals surface area (Å²) < 4.78 is 0.934. The second-order valence-corrected chi connectivity index (χ2v) is 5.49. The Bertz CT molecular complexity index is 539. The molecule has 0 atom stereocenters. The molecule has 0 spiro atoms. The van der Waals surface area contributed by atoms with E-state index in [0.717, 1.165) is 36.0 Å². The highest BCUT2D eigenvalue weighted by molar-refractivity contribution is 9.10. The Morgan fingerprint density at radius 2 is 2.05 bits per heavy atom. The van der Waals surface area contributed by atoms with Gasteiger partial charge in [0.25, 0.3) is 5.91 Å². The lowest BCUT2D eigenvalue weighted by molar-refractivity contribution is -0.127. The molecule has 1 heterocycles. The van der Waals surface area contributed by atoms with Gasteiger partial charge in [-0.3, -0.25) is 4.79 Å². The van der Waals surface area contributed by atoms with Crippen LogP contribution in [0, 0.1) is 11.3 Å². The molecule has 1 aliphatic heterocycles. The number of carbonyl (C=O) groups is 1. The van der Waals surface area contributed by atoms with Crippen molar-refractivity contribution in [3.63, 3.8) is 0 Å². The SMILES string of the molecule is N#C/C(=C/c1cccc(Br)c1)C(=O)N1CCCCC1. The predicted molar refractivity (Wildman–Crippen MR) is 78.2 cm³/mol. The highest BCUT2D eigenvalue weighted by atomic mass is 79.9. The number of piperidine rings is 1. The van der Waals surface area contributed by atoms with E-state index < -0.39 is 0 Å². The Balaban J connectivity index is 2.19. The molecule has 1 fully saturated rings. The van der Waals surface area contributed by atoms with Crippen LogP contribution in [0.4, 0.5) is 0 Å². The molecule has 1 aromatic carbocycles. The molecule has 4 heteroatoms. The van der Waals surface area contributed by atoms with Gasteiger partial charge in [-0.15, -0.1) is 0 Å². The van der Waals surface area contributed by atoms with E-state index in [2.05, 4.69) is 15.9 Å². The van der Waals surface area contributed by atoms with Gasteiger partial charge in [0.05, 0.1) is 0 Å². The number of halogens is 1. The van der Waals surface area contributed by atoms with E-state index in [1.165, 1.54) is 6.42 Å². The predicted octanol–water partition coefficient (Wildman–Crippen LogP) is 3.37. The number of nitriles is 1. The first-order valence-electron chi connectivity index (χ1n) is 6.37. The number of hydrogen-bond acceptors (Lipinski definition) is 2. The van der Waals surface area contributed by atoms with Gasteiger partial charge in [-0.1, -0.05) is 28.1 Å². The Morgan fingerprint density at radius 3 is 2.68 bits per heavy atom. The Labute approximate surface area is 121 Å². The molecule has 19 heavy (non-hydrogen) atoms. The summed E-state index contributed by atoms with van der Waals surface area (Å²) in [5.41, 5.74) is 1.07. The van der Waals surface area contributed by atoms with Gasteiger partial charge in [0, 0.05) is 17.6 Å². The normalized spacial score (nSPS) is 16.0. The minimum atomic E-state index is -0.151. The third-order valence-corrected chi connectivity index (χ3v) is 3.65. The molecule has 0 unspecified atom stereocenters. The maximum atomic E-state index is 12.2. The molecule has 1 saturated heterocycles. The molecule has 98 valence electrons. The molecule has 0 aliphatic carbocycles. The lowest BCUT2D eigenvalue weighted by atomic mass is 10.1. The van der Waals surface area contributed by atoms with Crippen molar-refractivity contribution in [3.8, 4) is 6.07 Å². The fraction of sp³-hybridized carbons (Fsp3) is 0.333. The fourth-order valence-corrected chi connectivity index (χ4v) is 2.59. The van der Waals surface area contributed by atoms with Crippen molar-refractivity contribution in [2.45, 2.75) is 19.3 Å². The Hall–Kier alpha value is -1.60. The summed E-state index contributed by atoms with van der Waals surface area (Å²) in [5, 5.41) is 9.18. The molecule has 1 aromatic rings. The van der Waals surface area contributed by atoms with Gasteiger partial charge in [-0.05, 0) is 43.0 Å². The number of carbonyl (C=O) groups excluding carboxylic acids is 1. The van der Waals surface area contributed by atoms with Crippen molar-refractivity contribution in [2.24, 2.45) is 0 Å². The van der Waals surface area contributed by atoms with Crippen molar-refractivity contribution in [3.05, 3.63) is 39.9 Å². The Kier molecular flexibility index (Phi) is 4.75. The number of benzene rings is 1. The molecule has 0 radical (unpaired) electrons. The number of likely N-dealkylation sites (tertiary alicyclic amines) is 1. The zero-order chi connectivity index (χ0) is 13.7. The number of hydrogen-bond donors (Lipinski definition) is 0. The van der Waals surface area contributed by atoms with E-state index in [9.17, 15) is 10.1 Å². The van der Waals surface area contributed by atoms with Crippen molar-refractivity contribution < 1.29 is 4.79 Å². The van der Waals surface area contributed by atoms with Crippen molar-refractivity contribution in [2.75, 3.05) is 13.1 Å². The minimum Gasteiger partial charge on any atom is -0.338 e.